The average Bonchev–Trinajstić information content (AvgIpc) is 2.91. The molecule has 2 saturated heterocycles. The molecule has 0 spiro atoms. The molecule has 20 heavy (non-hydrogen) atoms. The number of nitrogens with zero attached hydrogens (tertiary/aromatic N) is 1. The van der Waals surface area contributed by atoms with Gasteiger partial charge >= 0.3 is 11.9 Å². The van der Waals surface area contributed by atoms with Crippen molar-refractivity contribution in [1.82, 2.24) is 4.90 Å². The van der Waals surface area contributed by atoms with E-state index in [1.807, 2.05) is 0 Å². The number of fused-ring (bicyclic) bond motifs is 1. The average molecular weight is 281 g/mol. The summed E-state index contributed by atoms with van der Waals surface area (Å²) in [7, 11) is 0. The summed E-state index contributed by atoms with van der Waals surface area (Å²) in [5.74, 6) is -1.42. The van der Waals surface area contributed by atoms with E-state index < -0.39 is 18.1 Å². The van der Waals surface area contributed by atoms with Crippen molar-refractivity contribution in [2.24, 2.45) is 5.92 Å². The fourth-order valence-electron chi connectivity index (χ4n) is 3.65. The Kier molecular flexibility index (Phi) is 3.40. The highest BCUT2D eigenvalue weighted by atomic mass is 16.6. The van der Waals surface area contributed by atoms with Crippen molar-refractivity contribution < 1.29 is 23.9 Å². The molecule has 2 aliphatic heterocycles. The highest BCUT2D eigenvalue weighted by Crippen LogP contribution is 2.38. The van der Waals surface area contributed by atoms with Crippen LogP contribution >= 0.6 is 0 Å². The molecule has 0 unspecified atom stereocenters. The maximum Gasteiger partial charge on any atom is 0.329 e. The Bertz CT molecular complexity index is 443. The number of amides is 1. The zero-order valence-corrected chi connectivity index (χ0v) is 11.5. The van der Waals surface area contributed by atoms with Gasteiger partial charge in [-0.25, -0.2) is 4.79 Å². The molecule has 0 aromatic carbocycles. The summed E-state index contributed by atoms with van der Waals surface area (Å²) in [6.45, 7) is 1.44. The summed E-state index contributed by atoms with van der Waals surface area (Å²) < 4.78 is 10.2. The van der Waals surface area contributed by atoms with Crippen LogP contribution < -0.4 is 0 Å². The van der Waals surface area contributed by atoms with Crippen LogP contribution in [0.5, 0.6) is 0 Å². The lowest BCUT2D eigenvalue weighted by molar-refractivity contribution is -0.159. The van der Waals surface area contributed by atoms with Crippen LogP contribution in [0, 0.1) is 5.92 Å². The van der Waals surface area contributed by atoms with Crippen LogP contribution in [0.25, 0.3) is 0 Å². The van der Waals surface area contributed by atoms with E-state index in [1.165, 1.54) is 13.3 Å². The quantitative estimate of drug-likeness (QED) is 0.694. The first-order valence-electron chi connectivity index (χ1n) is 7.25. The van der Waals surface area contributed by atoms with Crippen molar-refractivity contribution in [1.29, 1.82) is 0 Å². The van der Waals surface area contributed by atoms with Gasteiger partial charge in [0.15, 0.2) is 6.10 Å². The summed E-state index contributed by atoms with van der Waals surface area (Å²) in [5.41, 5.74) is 0. The fourth-order valence-corrected chi connectivity index (χ4v) is 3.65. The Labute approximate surface area is 117 Å². The van der Waals surface area contributed by atoms with Crippen molar-refractivity contribution in [3.63, 3.8) is 0 Å². The first-order valence-corrected chi connectivity index (χ1v) is 7.25. The SMILES string of the molecule is CC(=O)O[C@@H]1C(=O)N(C2CCCCC2)[C@H]2C(=O)OC[C@@H]12. The van der Waals surface area contributed by atoms with E-state index in [0.29, 0.717) is 0 Å². The molecular formula is C14H19NO5. The zero-order valence-electron chi connectivity index (χ0n) is 11.5. The molecule has 0 N–H and O–H groups in total. The van der Waals surface area contributed by atoms with Crippen LogP contribution in [0.15, 0.2) is 0 Å². The molecule has 0 radical (unpaired) electrons. The number of esters is 2. The highest BCUT2D eigenvalue weighted by molar-refractivity contribution is 5.94. The van der Waals surface area contributed by atoms with Crippen LogP contribution in [-0.4, -0.2) is 47.5 Å². The third kappa shape index (κ3) is 2.07. The maximum absolute atomic E-state index is 12.5. The van der Waals surface area contributed by atoms with E-state index >= 15 is 0 Å². The lowest BCUT2D eigenvalue weighted by Crippen LogP contribution is -2.47. The van der Waals surface area contributed by atoms with E-state index in [-0.39, 0.29) is 30.4 Å². The standard InChI is InChI=1S/C14H19NO5/c1-8(16)20-12-10-7-19-14(18)11(10)15(13(12)17)9-5-3-2-4-6-9/h9-12H,2-7H2,1H3/t10-,11-,12+/m1/s1. The molecule has 6 heteroatoms. The fraction of sp³-hybridized carbons (Fsp3) is 0.786. The van der Waals surface area contributed by atoms with Crippen molar-refractivity contribution in [2.45, 2.75) is 57.2 Å². The second-order valence-corrected chi connectivity index (χ2v) is 5.81. The molecule has 1 aliphatic carbocycles. The second kappa shape index (κ2) is 5.07. The van der Waals surface area contributed by atoms with Gasteiger partial charge in [-0.05, 0) is 12.8 Å². The number of cyclic esters (lactones) is 1. The monoisotopic (exact) mass is 281 g/mol. The number of carbonyl (C=O) groups excluding carboxylic acids is 3. The van der Waals surface area contributed by atoms with Gasteiger partial charge in [-0.3, -0.25) is 9.59 Å². The molecule has 3 aliphatic rings. The Hall–Kier alpha value is -1.59. The van der Waals surface area contributed by atoms with Gasteiger partial charge in [0.05, 0.1) is 5.92 Å². The van der Waals surface area contributed by atoms with Gasteiger partial charge in [0.2, 0.25) is 0 Å². The van der Waals surface area contributed by atoms with Crippen LogP contribution in [0.2, 0.25) is 0 Å². The van der Waals surface area contributed by atoms with Crippen molar-refractivity contribution in [3.05, 3.63) is 0 Å². The molecule has 6 nitrogen and oxygen atoms in total. The zero-order chi connectivity index (χ0) is 14.3. The minimum absolute atomic E-state index is 0.0787. The molecule has 1 saturated carbocycles. The van der Waals surface area contributed by atoms with E-state index in [2.05, 4.69) is 0 Å². The lowest BCUT2D eigenvalue weighted by atomic mass is 9.93. The number of likely N-dealkylation sites (tertiary alicyclic amines) is 1. The summed E-state index contributed by atoms with van der Waals surface area (Å²) in [5, 5.41) is 0. The van der Waals surface area contributed by atoms with Crippen molar-refractivity contribution in [2.75, 3.05) is 6.61 Å². The summed E-state index contributed by atoms with van der Waals surface area (Å²) in [6, 6.07) is -0.482. The third-order valence-corrected chi connectivity index (χ3v) is 4.51. The molecule has 0 bridgehead atoms. The van der Waals surface area contributed by atoms with Crippen LogP contribution in [-0.2, 0) is 23.9 Å². The van der Waals surface area contributed by atoms with Gasteiger partial charge in [0, 0.05) is 13.0 Å². The van der Waals surface area contributed by atoms with E-state index in [9.17, 15) is 14.4 Å². The number of rotatable bonds is 2. The van der Waals surface area contributed by atoms with E-state index in [0.717, 1.165) is 25.7 Å². The predicted molar refractivity (Wildman–Crippen MR) is 67.5 cm³/mol. The number of ether oxygens (including phenoxy) is 2. The molecule has 0 aromatic heterocycles. The molecular weight excluding hydrogens is 262 g/mol. The van der Waals surface area contributed by atoms with E-state index in [4.69, 9.17) is 9.47 Å². The molecule has 3 rings (SSSR count). The highest BCUT2D eigenvalue weighted by Gasteiger charge is 2.59. The van der Waals surface area contributed by atoms with Gasteiger partial charge < -0.3 is 14.4 Å². The summed E-state index contributed by atoms with van der Waals surface area (Å²) in [4.78, 5) is 37.3. The summed E-state index contributed by atoms with van der Waals surface area (Å²) >= 11 is 0. The van der Waals surface area contributed by atoms with Crippen molar-refractivity contribution in [3.8, 4) is 0 Å². The Morgan fingerprint density at radius 2 is 1.95 bits per heavy atom. The maximum atomic E-state index is 12.5. The van der Waals surface area contributed by atoms with Crippen LogP contribution in [0.3, 0.4) is 0 Å². The Morgan fingerprint density at radius 1 is 1.25 bits per heavy atom. The van der Waals surface area contributed by atoms with Crippen LogP contribution in [0.4, 0.5) is 0 Å². The molecule has 0 aromatic rings. The first-order chi connectivity index (χ1) is 9.59. The molecule has 110 valence electrons. The smallest absolute Gasteiger partial charge is 0.329 e. The third-order valence-electron chi connectivity index (χ3n) is 4.51. The topological polar surface area (TPSA) is 72.9 Å². The van der Waals surface area contributed by atoms with Crippen LogP contribution in [0.1, 0.15) is 39.0 Å². The Balaban J connectivity index is 1.86. The molecule has 1 amide bonds. The minimum atomic E-state index is -0.856. The lowest BCUT2D eigenvalue weighted by Gasteiger charge is -2.33. The van der Waals surface area contributed by atoms with Gasteiger partial charge in [-0.2, -0.15) is 0 Å². The van der Waals surface area contributed by atoms with Gasteiger partial charge in [-0.1, -0.05) is 19.3 Å². The number of carbonyl (C=O) groups is 3. The molecule has 3 fully saturated rings. The molecule has 2 heterocycles. The van der Waals surface area contributed by atoms with E-state index in [1.54, 1.807) is 4.90 Å². The van der Waals surface area contributed by atoms with Gasteiger partial charge in [-0.15, -0.1) is 0 Å². The number of hydrogen-bond acceptors (Lipinski definition) is 5. The van der Waals surface area contributed by atoms with Gasteiger partial charge in [0.1, 0.15) is 12.6 Å². The Morgan fingerprint density at radius 3 is 2.60 bits per heavy atom. The first kappa shape index (κ1) is 13.4. The predicted octanol–water partition coefficient (Wildman–Crippen LogP) is 0.635. The minimum Gasteiger partial charge on any atom is -0.464 e. The second-order valence-electron chi connectivity index (χ2n) is 5.81. The normalized spacial score (nSPS) is 34.0. The summed E-state index contributed by atoms with van der Waals surface area (Å²) in [6.07, 6.45) is 4.28. The van der Waals surface area contributed by atoms with Gasteiger partial charge in [0.25, 0.3) is 5.91 Å². The largest absolute Gasteiger partial charge is 0.464 e. The molecule has 3 atom stereocenters. The number of hydrogen-bond donors (Lipinski definition) is 0. The van der Waals surface area contributed by atoms with Crippen molar-refractivity contribution >= 4 is 17.8 Å².